The van der Waals surface area contributed by atoms with Gasteiger partial charge in [-0.3, -0.25) is 0 Å². The van der Waals surface area contributed by atoms with Crippen LogP contribution in [0.4, 0.5) is 4.79 Å². The number of carbonyl (C=O) groups excluding carboxylic acids is 1. The molecular weight excluding hydrogens is 258 g/mol. The van der Waals surface area contributed by atoms with Gasteiger partial charge in [-0.15, -0.1) is 11.3 Å². The highest BCUT2D eigenvalue weighted by Gasteiger charge is 2.06. The average molecular weight is 275 g/mol. The first-order chi connectivity index (χ1) is 9.16. The van der Waals surface area contributed by atoms with E-state index in [1.54, 1.807) is 25.4 Å². The predicted molar refractivity (Wildman–Crippen MR) is 78.3 cm³/mol. The standard InChI is InChI=1S/C14H17N3OS/c1-17(2)14(18)15-9-8-13-16-12(10-19-13)11-6-4-3-5-7-11/h3-7,10H,8-9H2,1-2H3,(H,15,18). The molecule has 0 atom stereocenters. The van der Waals surface area contributed by atoms with Gasteiger partial charge in [-0.05, 0) is 0 Å². The van der Waals surface area contributed by atoms with Gasteiger partial charge >= 0.3 is 6.03 Å². The molecule has 0 bridgehead atoms. The summed E-state index contributed by atoms with van der Waals surface area (Å²) >= 11 is 1.63. The first-order valence-corrected chi connectivity index (χ1v) is 7.00. The Morgan fingerprint density at radius 1 is 1.32 bits per heavy atom. The van der Waals surface area contributed by atoms with E-state index in [4.69, 9.17) is 0 Å². The number of amides is 2. The highest BCUT2D eigenvalue weighted by Crippen LogP contribution is 2.21. The van der Waals surface area contributed by atoms with Gasteiger partial charge in [-0.2, -0.15) is 0 Å². The number of nitrogens with zero attached hydrogens (tertiary/aromatic N) is 2. The summed E-state index contributed by atoms with van der Waals surface area (Å²) in [6.07, 6.45) is 0.761. The van der Waals surface area contributed by atoms with E-state index in [1.165, 1.54) is 4.90 Å². The fourth-order valence-electron chi connectivity index (χ4n) is 1.60. The zero-order chi connectivity index (χ0) is 13.7. The topological polar surface area (TPSA) is 45.2 Å². The van der Waals surface area contributed by atoms with Crippen LogP contribution in [0, 0.1) is 0 Å². The maximum Gasteiger partial charge on any atom is 0.316 e. The van der Waals surface area contributed by atoms with Crippen molar-refractivity contribution in [1.29, 1.82) is 0 Å². The number of thiazole rings is 1. The molecule has 4 nitrogen and oxygen atoms in total. The number of rotatable bonds is 4. The van der Waals surface area contributed by atoms with Crippen molar-refractivity contribution in [3.05, 3.63) is 40.7 Å². The van der Waals surface area contributed by atoms with E-state index in [0.717, 1.165) is 22.7 Å². The number of aromatic nitrogens is 1. The van der Waals surface area contributed by atoms with Crippen molar-refractivity contribution in [2.75, 3.05) is 20.6 Å². The monoisotopic (exact) mass is 275 g/mol. The molecule has 0 aliphatic carbocycles. The van der Waals surface area contributed by atoms with E-state index >= 15 is 0 Å². The Balaban J connectivity index is 1.90. The smallest absolute Gasteiger partial charge is 0.316 e. The molecule has 100 valence electrons. The second-order valence-electron chi connectivity index (χ2n) is 4.37. The first-order valence-electron chi connectivity index (χ1n) is 6.12. The molecule has 1 aromatic heterocycles. The number of hydrogen-bond donors (Lipinski definition) is 1. The van der Waals surface area contributed by atoms with Crippen molar-refractivity contribution in [3.8, 4) is 11.3 Å². The van der Waals surface area contributed by atoms with Crippen molar-refractivity contribution < 1.29 is 4.79 Å². The molecule has 1 N–H and O–H groups in total. The zero-order valence-corrected chi connectivity index (χ0v) is 11.9. The summed E-state index contributed by atoms with van der Waals surface area (Å²) in [7, 11) is 3.46. The molecule has 0 aliphatic rings. The van der Waals surface area contributed by atoms with Crippen molar-refractivity contribution in [2.24, 2.45) is 0 Å². The quantitative estimate of drug-likeness (QED) is 0.932. The van der Waals surface area contributed by atoms with Crippen molar-refractivity contribution in [1.82, 2.24) is 15.2 Å². The minimum absolute atomic E-state index is 0.0696. The van der Waals surface area contributed by atoms with Gasteiger partial charge in [0, 0.05) is 38.0 Å². The Morgan fingerprint density at radius 3 is 2.74 bits per heavy atom. The fourth-order valence-corrected chi connectivity index (χ4v) is 2.41. The predicted octanol–water partition coefficient (Wildman–Crippen LogP) is 2.62. The fraction of sp³-hybridized carbons (Fsp3) is 0.286. The van der Waals surface area contributed by atoms with E-state index in [2.05, 4.69) is 15.7 Å². The minimum Gasteiger partial charge on any atom is -0.338 e. The van der Waals surface area contributed by atoms with Gasteiger partial charge in [0.2, 0.25) is 0 Å². The average Bonchev–Trinajstić information content (AvgIpc) is 2.88. The summed E-state index contributed by atoms with van der Waals surface area (Å²) in [5, 5.41) is 5.93. The highest BCUT2D eigenvalue weighted by atomic mass is 32.1. The molecule has 19 heavy (non-hydrogen) atoms. The van der Waals surface area contributed by atoms with Crippen LogP contribution in [0.1, 0.15) is 5.01 Å². The summed E-state index contributed by atoms with van der Waals surface area (Å²) in [6.45, 7) is 0.610. The Labute approximate surface area is 117 Å². The normalized spacial score (nSPS) is 10.2. The number of nitrogens with one attached hydrogen (secondary N) is 1. The number of urea groups is 1. The summed E-state index contributed by atoms with van der Waals surface area (Å²) in [6, 6.07) is 10.0. The molecule has 1 aromatic carbocycles. The van der Waals surface area contributed by atoms with Crippen LogP contribution < -0.4 is 5.32 Å². The third kappa shape index (κ3) is 3.79. The second kappa shape index (κ2) is 6.33. The van der Waals surface area contributed by atoms with Crippen LogP contribution in [0.5, 0.6) is 0 Å². The van der Waals surface area contributed by atoms with E-state index in [-0.39, 0.29) is 6.03 Å². The van der Waals surface area contributed by atoms with Crippen molar-refractivity contribution >= 4 is 17.4 Å². The van der Waals surface area contributed by atoms with Gasteiger partial charge in [-0.25, -0.2) is 9.78 Å². The first kappa shape index (κ1) is 13.5. The van der Waals surface area contributed by atoms with Crippen LogP contribution in [0.25, 0.3) is 11.3 Å². The lowest BCUT2D eigenvalue weighted by molar-refractivity contribution is 0.217. The number of carbonyl (C=O) groups is 1. The molecule has 1 heterocycles. The number of hydrogen-bond acceptors (Lipinski definition) is 3. The molecular formula is C14H17N3OS. The largest absolute Gasteiger partial charge is 0.338 e. The molecule has 5 heteroatoms. The molecule has 0 radical (unpaired) electrons. The van der Waals surface area contributed by atoms with Crippen molar-refractivity contribution in [3.63, 3.8) is 0 Å². The van der Waals surface area contributed by atoms with Crippen LogP contribution in [0.2, 0.25) is 0 Å². The molecule has 2 rings (SSSR count). The van der Waals surface area contributed by atoms with E-state index in [9.17, 15) is 4.79 Å². The Hall–Kier alpha value is -1.88. The van der Waals surface area contributed by atoms with Gasteiger partial charge < -0.3 is 10.2 Å². The lowest BCUT2D eigenvalue weighted by Gasteiger charge is -2.10. The maximum atomic E-state index is 11.4. The minimum atomic E-state index is -0.0696. The van der Waals surface area contributed by atoms with Gasteiger partial charge in [0.25, 0.3) is 0 Å². The zero-order valence-electron chi connectivity index (χ0n) is 11.1. The molecule has 0 saturated heterocycles. The van der Waals surface area contributed by atoms with Gasteiger partial charge in [0.05, 0.1) is 10.7 Å². The number of benzene rings is 1. The molecule has 2 aromatic rings. The van der Waals surface area contributed by atoms with Crippen LogP contribution in [0.3, 0.4) is 0 Å². The molecule has 0 spiro atoms. The Kier molecular flexibility index (Phi) is 4.52. The maximum absolute atomic E-state index is 11.4. The van der Waals surface area contributed by atoms with E-state index < -0.39 is 0 Å². The second-order valence-corrected chi connectivity index (χ2v) is 5.31. The van der Waals surface area contributed by atoms with Crippen LogP contribution in [0.15, 0.2) is 35.7 Å². The molecule has 2 amide bonds. The summed E-state index contributed by atoms with van der Waals surface area (Å²) in [5.41, 5.74) is 2.13. The van der Waals surface area contributed by atoms with Gasteiger partial charge in [-0.1, -0.05) is 30.3 Å². The summed E-state index contributed by atoms with van der Waals surface area (Å²) in [5.74, 6) is 0. The van der Waals surface area contributed by atoms with Crippen LogP contribution >= 0.6 is 11.3 Å². The molecule has 0 aliphatic heterocycles. The summed E-state index contributed by atoms with van der Waals surface area (Å²) in [4.78, 5) is 17.5. The van der Waals surface area contributed by atoms with Crippen LogP contribution in [-0.2, 0) is 6.42 Å². The lowest BCUT2D eigenvalue weighted by Crippen LogP contribution is -2.35. The molecule has 0 unspecified atom stereocenters. The van der Waals surface area contributed by atoms with Crippen LogP contribution in [-0.4, -0.2) is 36.6 Å². The van der Waals surface area contributed by atoms with Gasteiger partial charge in [0.1, 0.15) is 0 Å². The molecule has 0 saturated carbocycles. The van der Waals surface area contributed by atoms with E-state index in [0.29, 0.717) is 6.54 Å². The Bertz CT molecular complexity index is 537. The molecule has 0 fully saturated rings. The van der Waals surface area contributed by atoms with E-state index in [1.807, 2.05) is 30.3 Å². The third-order valence-electron chi connectivity index (χ3n) is 2.64. The SMILES string of the molecule is CN(C)C(=O)NCCc1nc(-c2ccccc2)cs1. The summed E-state index contributed by atoms with van der Waals surface area (Å²) < 4.78 is 0. The third-order valence-corrected chi connectivity index (χ3v) is 3.55. The lowest BCUT2D eigenvalue weighted by atomic mass is 10.2. The Morgan fingerprint density at radius 2 is 2.05 bits per heavy atom. The van der Waals surface area contributed by atoms with Gasteiger partial charge in [0.15, 0.2) is 0 Å². The van der Waals surface area contributed by atoms with Crippen molar-refractivity contribution in [2.45, 2.75) is 6.42 Å². The highest BCUT2D eigenvalue weighted by molar-refractivity contribution is 7.09.